The molecule has 0 radical (unpaired) electrons. The Labute approximate surface area is 124 Å². The summed E-state index contributed by atoms with van der Waals surface area (Å²) < 4.78 is 11.2. The second kappa shape index (κ2) is 4.79. The van der Waals surface area contributed by atoms with Gasteiger partial charge in [-0.05, 0) is 24.3 Å². The maximum atomic E-state index is 12.1. The lowest BCUT2D eigenvalue weighted by molar-refractivity contribution is 0.0684. The van der Waals surface area contributed by atoms with Crippen LogP contribution in [0, 0.1) is 0 Å². The minimum Gasteiger partial charge on any atom is -0.453 e. The fourth-order valence-corrected chi connectivity index (χ4v) is 2.92. The van der Waals surface area contributed by atoms with Crippen LogP contribution in [0.3, 0.4) is 0 Å². The molecule has 102 valence electrons. The van der Waals surface area contributed by atoms with Gasteiger partial charge >= 0.3 is 5.97 Å². The summed E-state index contributed by atoms with van der Waals surface area (Å²) in [6, 6.07) is 12.9. The Hall–Kier alpha value is -2.53. The molecule has 1 aliphatic rings. The van der Waals surface area contributed by atoms with Gasteiger partial charge in [-0.1, -0.05) is 30.0 Å². The molecular formula is C16H9NO3S. The number of esters is 1. The van der Waals surface area contributed by atoms with Gasteiger partial charge in [-0.3, -0.25) is 0 Å². The van der Waals surface area contributed by atoms with Crippen LogP contribution in [0.1, 0.15) is 16.1 Å². The van der Waals surface area contributed by atoms with Crippen molar-refractivity contribution >= 4 is 34.5 Å². The number of hydrogen-bond donors (Lipinski definition) is 0. The average Bonchev–Trinajstić information content (AvgIpc) is 2.87. The molecule has 0 saturated heterocycles. The van der Waals surface area contributed by atoms with Crippen molar-refractivity contribution in [1.82, 2.24) is 4.98 Å². The van der Waals surface area contributed by atoms with Crippen LogP contribution < -0.4 is 0 Å². The van der Waals surface area contributed by atoms with E-state index in [0.29, 0.717) is 22.1 Å². The van der Waals surface area contributed by atoms with Gasteiger partial charge in [-0.2, -0.15) is 0 Å². The van der Waals surface area contributed by atoms with Gasteiger partial charge in [0.05, 0.1) is 5.56 Å². The van der Waals surface area contributed by atoms with Gasteiger partial charge in [0, 0.05) is 17.0 Å². The van der Waals surface area contributed by atoms with Crippen LogP contribution in [0.2, 0.25) is 0 Å². The van der Waals surface area contributed by atoms with Crippen LogP contribution in [0.25, 0.3) is 16.7 Å². The van der Waals surface area contributed by atoms with Gasteiger partial charge < -0.3 is 9.15 Å². The van der Waals surface area contributed by atoms with Gasteiger partial charge in [-0.15, -0.1) is 0 Å². The van der Waals surface area contributed by atoms with E-state index in [1.54, 1.807) is 23.7 Å². The number of rotatable bonds is 1. The zero-order chi connectivity index (χ0) is 14.2. The number of carbonyl (C=O) groups excluding carboxylic acids is 1. The number of furan rings is 1. The number of hydrogen-bond acceptors (Lipinski definition) is 5. The predicted octanol–water partition coefficient (Wildman–Crippen LogP) is 4.09. The molecule has 0 fully saturated rings. The molecule has 0 spiro atoms. The third kappa shape index (κ3) is 2.11. The molecule has 2 aromatic heterocycles. The van der Waals surface area contributed by atoms with Gasteiger partial charge in [0.2, 0.25) is 0 Å². The highest BCUT2D eigenvalue weighted by molar-refractivity contribution is 8.02. The quantitative estimate of drug-likeness (QED) is 0.633. The second-order valence-electron chi connectivity index (χ2n) is 4.49. The van der Waals surface area contributed by atoms with E-state index >= 15 is 0 Å². The van der Waals surface area contributed by atoms with Gasteiger partial charge in [0.25, 0.3) is 0 Å². The minimum absolute atomic E-state index is 0.402. The van der Waals surface area contributed by atoms with E-state index in [-0.39, 0.29) is 0 Å². The van der Waals surface area contributed by atoms with Gasteiger partial charge in [0.1, 0.15) is 10.6 Å². The summed E-state index contributed by atoms with van der Waals surface area (Å²) in [5, 5.41) is 3.34. The van der Waals surface area contributed by atoms with E-state index in [4.69, 9.17) is 9.15 Å². The van der Waals surface area contributed by atoms with Crippen LogP contribution in [-0.2, 0) is 4.74 Å². The summed E-state index contributed by atoms with van der Waals surface area (Å²) in [5.41, 5.74) is 1.22. The van der Waals surface area contributed by atoms with Crippen molar-refractivity contribution in [3.05, 3.63) is 65.4 Å². The molecule has 0 saturated carbocycles. The van der Waals surface area contributed by atoms with E-state index in [0.717, 1.165) is 11.0 Å². The number of pyridine rings is 1. The minimum atomic E-state index is -0.421. The summed E-state index contributed by atoms with van der Waals surface area (Å²) in [4.78, 5) is 16.3. The predicted molar refractivity (Wildman–Crippen MR) is 79.7 cm³/mol. The zero-order valence-corrected chi connectivity index (χ0v) is 11.6. The first kappa shape index (κ1) is 12.2. The molecular weight excluding hydrogens is 286 g/mol. The van der Waals surface area contributed by atoms with Crippen molar-refractivity contribution in [3.8, 4) is 0 Å². The van der Waals surface area contributed by atoms with E-state index < -0.39 is 5.97 Å². The van der Waals surface area contributed by atoms with Crippen molar-refractivity contribution in [1.29, 1.82) is 0 Å². The SMILES string of the molecule is O=C1OC(c2cc3ccccc3o2)=CSc2ncccc21. The second-order valence-corrected chi connectivity index (χ2v) is 5.35. The Morgan fingerprint density at radius 3 is 2.90 bits per heavy atom. The smallest absolute Gasteiger partial charge is 0.346 e. The average molecular weight is 295 g/mol. The molecule has 4 nitrogen and oxygen atoms in total. The lowest BCUT2D eigenvalue weighted by atomic mass is 10.2. The van der Waals surface area contributed by atoms with E-state index in [2.05, 4.69) is 4.98 Å². The first-order valence-electron chi connectivity index (χ1n) is 6.34. The molecule has 0 atom stereocenters. The monoisotopic (exact) mass is 295 g/mol. The first-order valence-corrected chi connectivity index (χ1v) is 7.22. The molecule has 0 amide bonds. The Balaban J connectivity index is 1.77. The number of aromatic nitrogens is 1. The van der Waals surface area contributed by atoms with Crippen LogP contribution in [0.5, 0.6) is 0 Å². The molecule has 1 aliphatic heterocycles. The number of para-hydroxylation sites is 1. The molecule has 3 aromatic rings. The van der Waals surface area contributed by atoms with Crippen LogP contribution in [0.4, 0.5) is 0 Å². The number of cyclic esters (lactones) is 1. The van der Waals surface area contributed by atoms with Crippen LogP contribution in [-0.4, -0.2) is 11.0 Å². The molecule has 0 N–H and O–H groups in total. The number of fused-ring (bicyclic) bond motifs is 2. The summed E-state index contributed by atoms with van der Waals surface area (Å²) >= 11 is 1.35. The highest BCUT2D eigenvalue weighted by Gasteiger charge is 2.22. The number of thioether (sulfide) groups is 1. The molecule has 21 heavy (non-hydrogen) atoms. The topological polar surface area (TPSA) is 52.3 Å². The Morgan fingerprint density at radius 1 is 1.10 bits per heavy atom. The molecule has 4 rings (SSSR count). The van der Waals surface area contributed by atoms with E-state index in [1.807, 2.05) is 30.3 Å². The first-order chi connectivity index (χ1) is 10.3. The fourth-order valence-electron chi connectivity index (χ4n) is 2.14. The van der Waals surface area contributed by atoms with Gasteiger partial charge in [0.15, 0.2) is 11.5 Å². The summed E-state index contributed by atoms with van der Waals surface area (Å²) in [6.07, 6.45) is 1.65. The number of nitrogens with zero attached hydrogens (tertiary/aromatic N) is 1. The fraction of sp³-hybridized carbons (Fsp3) is 0. The lowest BCUT2D eigenvalue weighted by Gasteiger charge is -2.03. The zero-order valence-electron chi connectivity index (χ0n) is 10.8. The van der Waals surface area contributed by atoms with E-state index in [9.17, 15) is 4.79 Å². The Kier molecular flexibility index (Phi) is 2.79. The molecule has 1 aromatic carbocycles. The van der Waals surface area contributed by atoms with E-state index in [1.165, 1.54) is 11.8 Å². The highest BCUT2D eigenvalue weighted by Crippen LogP contribution is 2.33. The Bertz CT molecular complexity index is 849. The standard InChI is InChI=1S/C16H9NO3S/c18-16-11-5-3-7-17-15(11)21-9-14(20-16)13-8-10-4-1-2-6-12(10)19-13/h1-9H. The highest BCUT2D eigenvalue weighted by atomic mass is 32.2. The number of carbonyl (C=O) groups is 1. The lowest BCUT2D eigenvalue weighted by Crippen LogP contribution is -2.04. The number of ether oxygens (including phenoxy) is 1. The van der Waals surface area contributed by atoms with Crippen molar-refractivity contribution in [2.45, 2.75) is 5.03 Å². The Morgan fingerprint density at radius 2 is 2.00 bits per heavy atom. The van der Waals surface area contributed by atoms with Crippen molar-refractivity contribution in [3.63, 3.8) is 0 Å². The maximum absolute atomic E-state index is 12.1. The van der Waals surface area contributed by atoms with Gasteiger partial charge in [-0.25, -0.2) is 9.78 Å². The number of benzene rings is 1. The largest absolute Gasteiger partial charge is 0.453 e. The van der Waals surface area contributed by atoms with Crippen LogP contribution in [0.15, 0.2) is 63.5 Å². The summed E-state index contributed by atoms with van der Waals surface area (Å²) in [5.74, 6) is 0.513. The molecule has 5 heteroatoms. The summed E-state index contributed by atoms with van der Waals surface area (Å²) in [7, 11) is 0. The normalized spacial score (nSPS) is 14.3. The van der Waals surface area contributed by atoms with Crippen LogP contribution >= 0.6 is 11.8 Å². The van der Waals surface area contributed by atoms with Crippen molar-refractivity contribution in [2.24, 2.45) is 0 Å². The molecule has 0 unspecified atom stereocenters. The molecule has 3 heterocycles. The van der Waals surface area contributed by atoms with Crippen molar-refractivity contribution < 1.29 is 13.9 Å². The maximum Gasteiger partial charge on any atom is 0.346 e. The molecule has 0 bridgehead atoms. The third-order valence-corrected chi connectivity index (χ3v) is 4.02. The van der Waals surface area contributed by atoms with Crippen molar-refractivity contribution in [2.75, 3.05) is 0 Å². The summed E-state index contributed by atoms with van der Waals surface area (Å²) in [6.45, 7) is 0. The third-order valence-electron chi connectivity index (χ3n) is 3.14. The molecule has 0 aliphatic carbocycles.